The molecule has 5 nitrogen and oxygen atoms in total. The summed E-state index contributed by atoms with van der Waals surface area (Å²) in [6.07, 6.45) is 2.68. The minimum Gasteiger partial charge on any atom is -0.365 e. The molecule has 1 saturated heterocycles. The largest absolute Gasteiger partial charge is 0.365 e. The van der Waals surface area contributed by atoms with E-state index in [1.165, 1.54) is 0 Å². The smallest absolute Gasteiger partial charge is 0.126 e. The van der Waals surface area contributed by atoms with E-state index in [-0.39, 0.29) is 5.54 Å². The molecule has 1 fully saturated rings. The number of aromatic nitrogens is 1. The zero-order chi connectivity index (χ0) is 15.3. The van der Waals surface area contributed by atoms with Gasteiger partial charge < -0.3 is 15.1 Å². The molecular weight excluding hydrogens is 262 g/mol. The number of hydrogen-bond donors (Lipinski definition) is 1. The quantitative estimate of drug-likeness (QED) is 0.894. The van der Waals surface area contributed by atoms with E-state index in [9.17, 15) is 0 Å². The van der Waals surface area contributed by atoms with Gasteiger partial charge in [-0.05, 0) is 39.4 Å². The van der Waals surface area contributed by atoms with Gasteiger partial charge in [0.25, 0.3) is 0 Å². The maximum absolute atomic E-state index is 8.79. The minimum atomic E-state index is -0.00942. The Labute approximate surface area is 127 Å². The number of nitrogens with zero attached hydrogens (tertiary/aromatic N) is 4. The van der Waals surface area contributed by atoms with Gasteiger partial charge in [0.15, 0.2) is 0 Å². The van der Waals surface area contributed by atoms with E-state index in [0.29, 0.717) is 5.56 Å². The van der Waals surface area contributed by atoms with Gasteiger partial charge in [-0.2, -0.15) is 5.26 Å². The first-order chi connectivity index (χ1) is 9.98. The van der Waals surface area contributed by atoms with Crippen molar-refractivity contribution in [2.24, 2.45) is 0 Å². The van der Waals surface area contributed by atoms with Crippen LogP contribution in [0.2, 0.25) is 0 Å². The zero-order valence-electron chi connectivity index (χ0n) is 13.3. The predicted molar refractivity (Wildman–Crippen MR) is 85.2 cm³/mol. The fraction of sp³-hybridized carbons (Fsp3) is 0.625. The van der Waals surface area contributed by atoms with Gasteiger partial charge >= 0.3 is 0 Å². The average molecular weight is 287 g/mol. The van der Waals surface area contributed by atoms with Crippen molar-refractivity contribution in [1.82, 2.24) is 14.8 Å². The van der Waals surface area contributed by atoms with Crippen LogP contribution in [-0.2, 0) is 0 Å². The third-order valence-electron chi connectivity index (χ3n) is 4.01. The highest BCUT2D eigenvalue weighted by Gasteiger charge is 2.21. The number of anilines is 1. The van der Waals surface area contributed by atoms with E-state index in [2.05, 4.69) is 47.1 Å². The standard InChI is InChI=1S/C16H25N5/c1-16(2,6-7-21-10-8-20(3)9-11-21)19-15-5-4-14(12-17)13-18-15/h4-5,13H,6-11H2,1-3H3,(H,18,19). The van der Waals surface area contributed by atoms with Gasteiger partial charge in [0.1, 0.15) is 11.9 Å². The van der Waals surface area contributed by atoms with Crippen molar-refractivity contribution in [3.63, 3.8) is 0 Å². The van der Waals surface area contributed by atoms with Crippen LogP contribution in [0, 0.1) is 11.3 Å². The third kappa shape index (κ3) is 5.00. The van der Waals surface area contributed by atoms with Crippen LogP contribution in [0.3, 0.4) is 0 Å². The highest BCUT2D eigenvalue weighted by atomic mass is 15.2. The molecule has 1 aliphatic rings. The summed E-state index contributed by atoms with van der Waals surface area (Å²) in [6, 6.07) is 5.76. The fourth-order valence-corrected chi connectivity index (χ4v) is 2.45. The topological polar surface area (TPSA) is 55.2 Å². The maximum atomic E-state index is 8.79. The van der Waals surface area contributed by atoms with Gasteiger partial charge in [-0.3, -0.25) is 0 Å². The van der Waals surface area contributed by atoms with Gasteiger partial charge in [0.2, 0.25) is 0 Å². The average Bonchev–Trinajstić information content (AvgIpc) is 2.47. The van der Waals surface area contributed by atoms with Crippen molar-refractivity contribution >= 4 is 5.82 Å². The molecule has 21 heavy (non-hydrogen) atoms. The summed E-state index contributed by atoms with van der Waals surface area (Å²) >= 11 is 0. The molecule has 0 spiro atoms. The van der Waals surface area contributed by atoms with Crippen molar-refractivity contribution < 1.29 is 0 Å². The molecular formula is C16H25N5. The molecule has 0 aliphatic carbocycles. The van der Waals surface area contributed by atoms with E-state index >= 15 is 0 Å². The van der Waals surface area contributed by atoms with Crippen LogP contribution in [0.15, 0.2) is 18.3 Å². The van der Waals surface area contributed by atoms with Crippen molar-refractivity contribution in [2.75, 3.05) is 45.1 Å². The molecule has 1 aromatic rings. The number of hydrogen-bond acceptors (Lipinski definition) is 5. The van der Waals surface area contributed by atoms with Crippen LogP contribution in [-0.4, -0.2) is 60.1 Å². The van der Waals surface area contributed by atoms with Gasteiger partial charge in [-0.25, -0.2) is 4.98 Å². The highest BCUT2D eigenvalue weighted by Crippen LogP contribution is 2.17. The third-order valence-corrected chi connectivity index (χ3v) is 4.01. The molecule has 5 heteroatoms. The molecule has 1 N–H and O–H groups in total. The van der Waals surface area contributed by atoms with Crippen LogP contribution in [0.4, 0.5) is 5.82 Å². The van der Waals surface area contributed by atoms with E-state index in [4.69, 9.17) is 5.26 Å². The molecule has 0 amide bonds. The van der Waals surface area contributed by atoms with E-state index < -0.39 is 0 Å². The van der Waals surface area contributed by atoms with Crippen LogP contribution >= 0.6 is 0 Å². The van der Waals surface area contributed by atoms with E-state index in [1.807, 2.05) is 6.07 Å². The molecule has 0 unspecified atom stereocenters. The molecule has 0 radical (unpaired) electrons. The van der Waals surface area contributed by atoms with Crippen molar-refractivity contribution in [1.29, 1.82) is 5.26 Å². The molecule has 0 saturated carbocycles. The normalized spacial score (nSPS) is 17.4. The van der Waals surface area contributed by atoms with E-state index in [1.54, 1.807) is 12.3 Å². The van der Waals surface area contributed by atoms with Crippen LogP contribution < -0.4 is 5.32 Å². The number of rotatable bonds is 5. The second-order valence-corrected chi connectivity index (χ2v) is 6.45. The minimum absolute atomic E-state index is 0.00942. The summed E-state index contributed by atoms with van der Waals surface area (Å²) in [5.41, 5.74) is 0.584. The first kappa shape index (κ1) is 15.7. The Morgan fingerprint density at radius 1 is 1.29 bits per heavy atom. The molecule has 0 atom stereocenters. The molecule has 0 aromatic carbocycles. The number of nitriles is 1. The lowest BCUT2D eigenvalue weighted by atomic mass is 10.00. The summed E-state index contributed by atoms with van der Waals surface area (Å²) in [5, 5.41) is 12.2. The Balaban J connectivity index is 1.82. The molecule has 114 valence electrons. The Hall–Kier alpha value is -1.64. The Kier molecular flexibility index (Phi) is 5.16. The number of nitrogens with one attached hydrogen (secondary N) is 1. The zero-order valence-corrected chi connectivity index (χ0v) is 13.3. The van der Waals surface area contributed by atoms with Crippen molar-refractivity contribution in [2.45, 2.75) is 25.8 Å². The molecule has 1 aliphatic heterocycles. The summed E-state index contributed by atoms with van der Waals surface area (Å²) in [4.78, 5) is 9.18. The first-order valence-corrected chi connectivity index (χ1v) is 7.54. The molecule has 2 heterocycles. The lowest BCUT2D eigenvalue weighted by molar-refractivity contribution is 0.147. The van der Waals surface area contributed by atoms with Crippen LogP contribution in [0.5, 0.6) is 0 Å². The molecule has 1 aromatic heterocycles. The predicted octanol–water partition coefficient (Wildman–Crippen LogP) is 1.78. The monoisotopic (exact) mass is 287 g/mol. The summed E-state index contributed by atoms with van der Waals surface area (Å²) in [6.45, 7) is 10.1. The lowest BCUT2D eigenvalue weighted by Gasteiger charge is -2.35. The van der Waals surface area contributed by atoms with Gasteiger partial charge in [-0.15, -0.1) is 0 Å². The van der Waals surface area contributed by atoms with Crippen LogP contribution in [0.25, 0.3) is 0 Å². The summed E-state index contributed by atoms with van der Waals surface area (Å²) < 4.78 is 0. The second-order valence-electron chi connectivity index (χ2n) is 6.45. The van der Waals surface area contributed by atoms with Gasteiger partial charge in [0, 0.05) is 44.5 Å². The second kappa shape index (κ2) is 6.88. The Bertz CT molecular complexity index is 480. The molecule has 2 rings (SSSR count). The highest BCUT2D eigenvalue weighted by molar-refractivity contribution is 5.40. The van der Waals surface area contributed by atoms with Gasteiger partial charge in [0.05, 0.1) is 5.56 Å². The van der Waals surface area contributed by atoms with Gasteiger partial charge in [-0.1, -0.05) is 0 Å². The number of likely N-dealkylation sites (N-methyl/N-ethyl adjacent to an activating group) is 1. The summed E-state index contributed by atoms with van der Waals surface area (Å²) in [7, 11) is 2.18. The van der Waals surface area contributed by atoms with Crippen molar-refractivity contribution in [3.8, 4) is 6.07 Å². The SMILES string of the molecule is CN1CCN(CCC(C)(C)Nc2ccc(C#N)cn2)CC1. The summed E-state index contributed by atoms with van der Waals surface area (Å²) in [5.74, 6) is 0.831. The fourth-order valence-electron chi connectivity index (χ4n) is 2.45. The van der Waals surface area contributed by atoms with Crippen molar-refractivity contribution in [3.05, 3.63) is 23.9 Å². The number of pyridine rings is 1. The number of piperazine rings is 1. The Morgan fingerprint density at radius 3 is 2.57 bits per heavy atom. The Morgan fingerprint density at radius 2 is 2.00 bits per heavy atom. The van der Waals surface area contributed by atoms with Crippen LogP contribution in [0.1, 0.15) is 25.8 Å². The maximum Gasteiger partial charge on any atom is 0.126 e. The van der Waals surface area contributed by atoms with E-state index in [0.717, 1.165) is 45.0 Å². The lowest BCUT2D eigenvalue weighted by Crippen LogP contribution is -2.46. The molecule has 0 bridgehead atoms. The first-order valence-electron chi connectivity index (χ1n) is 7.54.